The Morgan fingerprint density at radius 3 is 2.68 bits per heavy atom. The average molecular weight is 384 g/mol. The second-order valence-electron chi connectivity index (χ2n) is 8.00. The number of piperidine rings is 1. The van der Waals surface area contributed by atoms with Gasteiger partial charge in [-0.1, -0.05) is 12.1 Å². The smallest absolute Gasteiger partial charge is 0.256 e. The Balaban J connectivity index is 1.51. The number of hydrogen-bond donors (Lipinski definition) is 1. The first-order valence-corrected chi connectivity index (χ1v) is 10.2. The molecule has 7 nitrogen and oxygen atoms in total. The lowest BCUT2D eigenvalue weighted by molar-refractivity contribution is -0.135. The minimum absolute atomic E-state index is 0.0571. The molecule has 2 saturated heterocycles. The third kappa shape index (κ3) is 3.76. The Morgan fingerprint density at radius 1 is 1.14 bits per heavy atom. The van der Waals surface area contributed by atoms with E-state index in [4.69, 9.17) is 0 Å². The van der Waals surface area contributed by atoms with Crippen molar-refractivity contribution in [1.29, 1.82) is 0 Å². The molecule has 1 saturated carbocycles. The van der Waals surface area contributed by atoms with Gasteiger partial charge in [-0.25, -0.2) is 0 Å². The van der Waals surface area contributed by atoms with Crippen LogP contribution in [0.5, 0.6) is 0 Å². The van der Waals surface area contributed by atoms with Gasteiger partial charge in [0.15, 0.2) is 0 Å². The lowest BCUT2D eigenvalue weighted by atomic mass is 10.0. The molecular weight excluding hydrogens is 356 g/mol. The van der Waals surface area contributed by atoms with Crippen molar-refractivity contribution in [2.24, 2.45) is 5.92 Å². The number of hydrogen-bond acceptors (Lipinski definition) is 4. The van der Waals surface area contributed by atoms with E-state index in [0.717, 1.165) is 32.2 Å². The Bertz CT molecular complexity index is 777. The largest absolute Gasteiger partial charge is 0.337 e. The van der Waals surface area contributed by atoms with Crippen molar-refractivity contribution in [1.82, 2.24) is 15.1 Å². The number of benzene rings is 1. The molecule has 4 rings (SSSR count). The highest BCUT2D eigenvalue weighted by Gasteiger charge is 2.35. The molecule has 2 aliphatic heterocycles. The number of amides is 3. The van der Waals surface area contributed by atoms with E-state index < -0.39 is 0 Å². The van der Waals surface area contributed by atoms with E-state index in [0.29, 0.717) is 37.4 Å². The minimum Gasteiger partial charge on any atom is -0.337 e. The predicted molar refractivity (Wildman–Crippen MR) is 106 cm³/mol. The molecule has 150 valence electrons. The molecule has 0 spiro atoms. The highest BCUT2D eigenvalue weighted by molar-refractivity contribution is 6.05. The molecule has 3 fully saturated rings. The van der Waals surface area contributed by atoms with Crippen molar-refractivity contribution < 1.29 is 14.4 Å². The molecule has 0 radical (unpaired) electrons. The van der Waals surface area contributed by atoms with E-state index in [2.05, 4.69) is 5.32 Å². The molecule has 1 N–H and O–H groups in total. The number of nitrogens with zero attached hydrogens (tertiary/aromatic N) is 3. The van der Waals surface area contributed by atoms with Crippen LogP contribution in [-0.4, -0.2) is 73.3 Å². The summed E-state index contributed by atoms with van der Waals surface area (Å²) in [6.45, 7) is 3.11. The highest BCUT2D eigenvalue weighted by atomic mass is 16.2. The number of nitrogens with one attached hydrogen (secondary N) is 1. The zero-order valence-corrected chi connectivity index (χ0v) is 16.4. The fourth-order valence-electron chi connectivity index (χ4n) is 4.24. The van der Waals surface area contributed by atoms with Crippen LogP contribution in [0.4, 0.5) is 5.69 Å². The fraction of sp³-hybridized carbons (Fsp3) is 0.571. The molecule has 0 aromatic heterocycles. The number of carbonyl (C=O) groups excluding carboxylic acids is 3. The van der Waals surface area contributed by atoms with Gasteiger partial charge in [-0.3, -0.25) is 14.4 Å². The summed E-state index contributed by atoms with van der Waals surface area (Å²) in [5.41, 5.74) is 1.23. The summed E-state index contributed by atoms with van der Waals surface area (Å²) in [5, 5.41) is 3.10. The van der Waals surface area contributed by atoms with Gasteiger partial charge >= 0.3 is 0 Å². The quantitative estimate of drug-likeness (QED) is 0.844. The van der Waals surface area contributed by atoms with Crippen molar-refractivity contribution in [3.63, 3.8) is 0 Å². The summed E-state index contributed by atoms with van der Waals surface area (Å²) < 4.78 is 0. The Morgan fingerprint density at radius 2 is 1.93 bits per heavy atom. The van der Waals surface area contributed by atoms with E-state index >= 15 is 0 Å². The maximum absolute atomic E-state index is 13.3. The normalized spacial score (nSPS) is 22.9. The molecule has 1 aromatic carbocycles. The lowest BCUT2D eigenvalue weighted by Gasteiger charge is -2.41. The fourth-order valence-corrected chi connectivity index (χ4v) is 4.24. The topological polar surface area (TPSA) is 73.0 Å². The minimum atomic E-state index is -0.0571. The van der Waals surface area contributed by atoms with Crippen LogP contribution in [0.1, 0.15) is 36.0 Å². The van der Waals surface area contributed by atoms with Crippen LogP contribution in [0.2, 0.25) is 0 Å². The van der Waals surface area contributed by atoms with Crippen molar-refractivity contribution >= 4 is 23.4 Å². The first-order chi connectivity index (χ1) is 13.6. The average Bonchev–Trinajstić information content (AvgIpc) is 3.58. The van der Waals surface area contributed by atoms with Gasteiger partial charge < -0.3 is 20.0 Å². The van der Waals surface area contributed by atoms with Crippen LogP contribution in [0.25, 0.3) is 0 Å². The first kappa shape index (κ1) is 18.9. The molecule has 7 heteroatoms. The Labute approximate surface area is 165 Å². The second-order valence-corrected chi connectivity index (χ2v) is 8.00. The number of anilines is 1. The second kappa shape index (κ2) is 7.91. The van der Waals surface area contributed by atoms with Gasteiger partial charge in [0, 0.05) is 45.2 Å². The standard InChI is InChI=1S/C21H28N4O3/c1-23(20(27)15-8-9-15)18-7-3-2-6-17(18)21(28)24-11-4-5-16(14-24)25-12-10-22-13-19(25)26/h2-3,6-7,15-16,22H,4-5,8-14H2,1H3. The Kier molecular flexibility index (Phi) is 5.35. The number of likely N-dealkylation sites (tertiary alicyclic amines) is 1. The monoisotopic (exact) mass is 384 g/mol. The van der Waals surface area contributed by atoms with Gasteiger partial charge in [0.1, 0.15) is 0 Å². The number of piperazine rings is 1. The lowest BCUT2D eigenvalue weighted by Crippen LogP contribution is -2.57. The zero-order chi connectivity index (χ0) is 19.7. The first-order valence-electron chi connectivity index (χ1n) is 10.2. The molecule has 2 heterocycles. The maximum Gasteiger partial charge on any atom is 0.256 e. The van der Waals surface area contributed by atoms with E-state index in [9.17, 15) is 14.4 Å². The molecule has 0 bridgehead atoms. The molecule has 1 aromatic rings. The van der Waals surface area contributed by atoms with Crippen LogP contribution < -0.4 is 10.2 Å². The van der Waals surface area contributed by atoms with E-state index in [1.165, 1.54) is 0 Å². The molecule has 1 atom stereocenters. The number of rotatable bonds is 4. The summed E-state index contributed by atoms with van der Waals surface area (Å²) in [7, 11) is 1.76. The van der Waals surface area contributed by atoms with Crippen molar-refractivity contribution in [3.05, 3.63) is 29.8 Å². The van der Waals surface area contributed by atoms with Gasteiger partial charge in [-0.2, -0.15) is 0 Å². The van der Waals surface area contributed by atoms with Crippen LogP contribution >= 0.6 is 0 Å². The molecule has 3 aliphatic rings. The van der Waals surface area contributed by atoms with E-state index in [1.807, 2.05) is 28.0 Å². The maximum atomic E-state index is 13.3. The van der Waals surface area contributed by atoms with Crippen molar-refractivity contribution in [2.45, 2.75) is 31.7 Å². The third-order valence-corrected chi connectivity index (χ3v) is 6.00. The van der Waals surface area contributed by atoms with Crippen LogP contribution in [0, 0.1) is 5.92 Å². The summed E-state index contributed by atoms with van der Waals surface area (Å²) in [4.78, 5) is 43.5. The van der Waals surface area contributed by atoms with Gasteiger partial charge in [0.2, 0.25) is 11.8 Å². The van der Waals surface area contributed by atoms with E-state index in [1.54, 1.807) is 18.0 Å². The zero-order valence-electron chi connectivity index (χ0n) is 16.4. The van der Waals surface area contributed by atoms with E-state index in [-0.39, 0.29) is 29.7 Å². The molecule has 1 aliphatic carbocycles. The third-order valence-electron chi connectivity index (χ3n) is 6.00. The van der Waals surface area contributed by atoms with Gasteiger partial charge in [-0.05, 0) is 37.8 Å². The van der Waals surface area contributed by atoms with Gasteiger partial charge in [0.05, 0.1) is 17.8 Å². The molecule has 1 unspecified atom stereocenters. The predicted octanol–water partition coefficient (Wildman–Crippen LogP) is 1.10. The van der Waals surface area contributed by atoms with Crippen LogP contribution in [0.3, 0.4) is 0 Å². The number of para-hydroxylation sites is 1. The summed E-state index contributed by atoms with van der Waals surface area (Å²) in [6, 6.07) is 7.42. The van der Waals surface area contributed by atoms with Crippen LogP contribution in [-0.2, 0) is 9.59 Å². The Hall–Kier alpha value is -2.41. The molecular formula is C21H28N4O3. The van der Waals surface area contributed by atoms with Gasteiger partial charge in [0.25, 0.3) is 5.91 Å². The van der Waals surface area contributed by atoms with Crippen molar-refractivity contribution in [2.75, 3.05) is 44.7 Å². The van der Waals surface area contributed by atoms with Crippen LogP contribution in [0.15, 0.2) is 24.3 Å². The SMILES string of the molecule is CN(C(=O)C1CC1)c1ccccc1C(=O)N1CCCC(N2CCNCC2=O)C1. The molecule has 3 amide bonds. The number of carbonyl (C=O) groups is 3. The summed E-state index contributed by atoms with van der Waals surface area (Å²) in [6.07, 6.45) is 3.68. The van der Waals surface area contributed by atoms with Crippen molar-refractivity contribution in [3.8, 4) is 0 Å². The summed E-state index contributed by atoms with van der Waals surface area (Å²) >= 11 is 0. The van der Waals surface area contributed by atoms with Gasteiger partial charge in [-0.15, -0.1) is 0 Å². The molecule has 28 heavy (non-hydrogen) atoms. The summed E-state index contributed by atoms with van der Waals surface area (Å²) in [5.74, 6) is 0.244. The highest BCUT2D eigenvalue weighted by Crippen LogP contribution is 2.33.